The Hall–Kier alpha value is -2.60. The minimum Gasteiger partial charge on any atom is -0.410 e. The molecule has 6 nitrogen and oxygen atoms in total. The zero-order valence-electron chi connectivity index (χ0n) is 30.5. The number of aliphatic hydroxyl groups excluding tert-OH is 1. The maximum Gasteiger partial charge on any atom is 0.453 e. The Morgan fingerprint density at radius 1 is 0.981 bits per heavy atom. The van der Waals surface area contributed by atoms with Gasteiger partial charge in [-0.2, -0.15) is 22.0 Å². The van der Waals surface area contributed by atoms with Crippen molar-refractivity contribution in [1.82, 2.24) is 4.98 Å². The second-order valence-corrected chi connectivity index (χ2v) is 17.3. The number of aliphatic hydroxyl groups is 1. The molecule has 2 aromatic rings. The van der Waals surface area contributed by atoms with Crippen molar-refractivity contribution in [2.45, 2.75) is 141 Å². The Labute approximate surface area is 307 Å². The second-order valence-electron chi connectivity index (χ2n) is 15.6. The van der Waals surface area contributed by atoms with Crippen molar-refractivity contribution in [3.05, 3.63) is 53.3 Å². The number of fused-ring (bicyclic) bond motifs is 5. The zero-order valence-corrected chi connectivity index (χ0v) is 31.3. The zero-order chi connectivity index (χ0) is 37.5. The molecule has 3 aliphatic carbocycles. The number of amides is 1. The lowest BCUT2D eigenvalue weighted by Crippen LogP contribution is -2.47. The SMILES string of the molecule is CCc1cc(NC(=O)Oc2ccc3c(c2)C[C@@H](CCCCCCCCCS(=O)CCCC(F)(F)C(F)(F)F)[C@@H]2[C@@H]3CC[C@]3(C)[C@@H](O)CC[C@@H]23)ccn1. The Morgan fingerprint density at radius 3 is 2.42 bits per heavy atom. The van der Waals surface area contributed by atoms with Crippen LogP contribution in [0.4, 0.5) is 32.4 Å². The van der Waals surface area contributed by atoms with Gasteiger partial charge < -0.3 is 9.84 Å². The van der Waals surface area contributed by atoms with Gasteiger partial charge in [-0.3, -0.25) is 14.5 Å². The standard InChI is InChI=1S/C40H55F5N2O4S/c1-3-29-26-30(18-21-46-29)47-37(49)51-31-13-14-32-28(25-31)24-27(36-33(32)17-20-38(2)34(36)15-16-35(38)48)12-9-7-5-4-6-8-10-22-52(50)23-11-19-39(41,42)40(43,44)45/h13-14,18,21,25-27,33-36,48H,3-12,15-17,19-20,22-24H2,1-2H3,(H,46,47,49)/t27-,33-,34+,35+,36-,38+,52?/m1/s1. The summed E-state index contributed by atoms with van der Waals surface area (Å²) in [5, 5.41) is 13.8. The topological polar surface area (TPSA) is 88.5 Å². The van der Waals surface area contributed by atoms with Crippen LogP contribution in [0.5, 0.6) is 5.75 Å². The van der Waals surface area contributed by atoms with Crippen LogP contribution in [-0.4, -0.2) is 50.1 Å². The smallest absolute Gasteiger partial charge is 0.410 e. The summed E-state index contributed by atoms with van der Waals surface area (Å²) in [4.78, 5) is 17.1. The van der Waals surface area contributed by atoms with Crippen LogP contribution in [0.3, 0.4) is 0 Å². The number of alkyl halides is 5. The predicted octanol–water partition coefficient (Wildman–Crippen LogP) is 10.5. The third-order valence-corrected chi connectivity index (χ3v) is 13.7. The number of aromatic nitrogens is 1. The fourth-order valence-electron chi connectivity index (χ4n) is 9.34. The van der Waals surface area contributed by atoms with Gasteiger partial charge in [0.1, 0.15) is 5.75 Å². The van der Waals surface area contributed by atoms with Gasteiger partial charge in [0.05, 0.1) is 6.10 Å². The lowest BCUT2D eigenvalue weighted by molar-refractivity contribution is -0.284. The number of aryl methyl sites for hydroxylation is 1. The van der Waals surface area contributed by atoms with Crippen LogP contribution in [0.1, 0.15) is 126 Å². The van der Waals surface area contributed by atoms with Crippen LogP contribution in [0.15, 0.2) is 36.5 Å². The van der Waals surface area contributed by atoms with E-state index < -0.39 is 41.8 Å². The number of benzene rings is 1. The van der Waals surface area contributed by atoms with Crippen molar-refractivity contribution in [3.63, 3.8) is 0 Å². The van der Waals surface area contributed by atoms with Crippen molar-refractivity contribution in [2.24, 2.45) is 23.2 Å². The Morgan fingerprint density at radius 2 is 1.69 bits per heavy atom. The fraction of sp³-hybridized carbons (Fsp3) is 0.700. The Balaban J connectivity index is 1.09. The number of carbonyl (C=O) groups is 1. The predicted molar refractivity (Wildman–Crippen MR) is 194 cm³/mol. The summed E-state index contributed by atoms with van der Waals surface area (Å²) in [6.45, 7) is 4.30. The molecule has 5 rings (SSSR count). The average Bonchev–Trinajstić information content (AvgIpc) is 3.40. The molecular formula is C40H55F5N2O4S. The minimum atomic E-state index is -5.56. The highest BCUT2D eigenvalue weighted by atomic mass is 32.2. The largest absolute Gasteiger partial charge is 0.453 e. The van der Waals surface area contributed by atoms with Crippen molar-refractivity contribution in [1.29, 1.82) is 0 Å². The lowest BCUT2D eigenvalue weighted by atomic mass is 9.52. The molecule has 0 aliphatic heterocycles. The van der Waals surface area contributed by atoms with Crippen LogP contribution in [0.25, 0.3) is 0 Å². The van der Waals surface area contributed by atoms with Gasteiger partial charge in [0.25, 0.3) is 0 Å². The summed E-state index contributed by atoms with van der Waals surface area (Å²) in [6.07, 6.45) is 7.21. The average molecular weight is 755 g/mol. The number of unbranched alkanes of at least 4 members (excludes halogenated alkanes) is 6. The molecule has 0 spiro atoms. The maximum atomic E-state index is 13.1. The summed E-state index contributed by atoms with van der Waals surface area (Å²) in [5.74, 6) is -2.09. The minimum absolute atomic E-state index is 0.0412. The molecule has 3 aliphatic rings. The van der Waals surface area contributed by atoms with Gasteiger partial charge in [0.2, 0.25) is 0 Å². The summed E-state index contributed by atoms with van der Waals surface area (Å²) in [7, 11) is -1.38. The van der Waals surface area contributed by atoms with Gasteiger partial charge in [-0.05, 0) is 122 Å². The molecule has 7 atom stereocenters. The summed E-state index contributed by atoms with van der Waals surface area (Å²) < 4.78 is 80.9. The molecule has 1 aromatic heterocycles. The van der Waals surface area contributed by atoms with Crippen LogP contribution < -0.4 is 10.1 Å². The van der Waals surface area contributed by atoms with Crippen molar-refractivity contribution < 1.29 is 40.8 Å². The van der Waals surface area contributed by atoms with Crippen molar-refractivity contribution in [3.8, 4) is 5.75 Å². The normalized spacial score (nSPS) is 26.3. The number of hydrogen-bond acceptors (Lipinski definition) is 5. The molecule has 1 aromatic carbocycles. The third-order valence-electron chi connectivity index (χ3n) is 12.2. The number of rotatable bonds is 17. The number of hydrogen-bond donors (Lipinski definition) is 2. The molecule has 0 saturated heterocycles. The molecule has 1 unspecified atom stereocenters. The van der Waals surface area contributed by atoms with Crippen LogP contribution in [0, 0.1) is 23.2 Å². The van der Waals surface area contributed by atoms with E-state index >= 15 is 0 Å². The molecule has 1 heterocycles. The number of halogens is 5. The quantitative estimate of drug-likeness (QED) is 0.124. The first-order chi connectivity index (χ1) is 24.7. The number of carbonyl (C=O) groups excluding carboxylic acids is 1. The molecule has 2 saturated carbocycles. The highest BCUT2D eigenvalue weighted by molar-refractivity contribution is 7.84. The molecule has 290 valence electrons. The van der Waals surface area contributed by atoms with E-state index in [1.807, 2.05) is 25.1 Å². The van der Waals surface area contributed by atoms with E-state index in [-0.39, 0.29) is 17.3 Å². The van der Waals surface area contributed by atoms with Crippen molar-refractivity contribution >= 4 is 22.6 Å². The molecule has 0 bridgehead atoms. The first kappa shape index (κ1) is 40.6. The van der Waals surface area contributed by atoms with E-state index in [0.29, 0.717) is 47.3 Å². The maximum absolute atomic E-state index is 13.1. The molecule has 2 N–H and O–H groups in total. The number of nitrogens with one attached hydrogen (secondary N) is 1. The summed E-state index contributed by atoms with van der Waals surface area (Å²) >= 11 is 0. The first-order valence-electron chi connectivity index (χ1n) is 19.3. The van der Waals surface area contributed by atoms with Gasteiger partial charge in [0.15, 0.2) is 0 Å². The fourth-order valence-corrected chi connectivity index (χ4v) is 10.5. The van der Waals surface area contributed by atoms with E-state index in [9.17, 15) is 36.1 Å². The number of pyridine rings is 1. The second kappa shape index (κ2) is 17.7. The van der Waals surface area contributed by atoms with E-state index in [2.05, 4.69) is 23.3 Å². The molecular weight excluding hydrogens is 700 g/mol. The number of nitrogens with zero attached hydrogens (tertiary/aromatic N) is 1. The highest BCUT2D eigenvalue weighted by Crippen LogP contribution is 2.62. The van der Waals surface area contributed by atoms with E-state index in [4.69, 9.17) is 4.74 Å². The molecule has 52 heavy (non-hydrogen) atoms. The van der Waals surface area contributed by atoms with E-state index in [0.717, 1.165) is 89.2 Å². The Kier molecular flexibility index (Phi) is 13.8. The van der Waals surface area contributed by atoms with Crippen molar-refractivity contribution in [2.75, 3.05) is 16.8 Å². The number of ether oxygens (including phenoxy) is 1. The lowest BCUT2D eigenvalue weighted by Gasteiger charge is -2.53. The Bertz CT molecular complexity index is 1520. The van der Waals surface area contributed by atoms with E-state index in [1.54, 1.807) is 12.3 Å². The molecule has 12 heteroatoms. The molecule has 1 amide bonds. The van der Waals surface area contributed by atoms with Crippen LogP contribution in [0.2, 0.25) is 0 Å². The third kappa shape index (κ3) is 9.93. The molecule has 2 fully saturated rings. The molecule has 0 radical (unpaired) electrons. The van der Waals surface area contributed by atoms with Gasteiger partial charge in [-0.25, -0.2) is 4.79 Å². The summed E-state index contributed by atoms with van der Waals surface area (Å²) in [6, 6.07) is 9.70. The summed E-state index contributed by atoms with van der Waals surface area (Å²) in [5.41, 5.74) is 4.10. The van der Waals surface area contributed by atoms with Crippen LogP contribution in [-0.2, 0) is 23.6 Å². The first-order valence-corrected chi connectivity index (χ1v) is 20.7. The van der Waals surface area contributed by atoms with Gasteiger partial charge in [-0.1, -0.05) is 58.4 Å². The van der Waals surface area contributed by atoms with Crippen LogP contribution >= 0.6 is 0 Å². The highest BCUT2D eigenvalue weighted by Gasteiger charge is 2.57. The van der Waals surface area contributed by atoms with E-state index in [1.165, 1.54) is 11.1 Å². The van der Waals surface area contributed by atoms with Gasteiger partial charge >= 0.3 is 18.2 Å². The monoisotopic (exact) mass is 754 g/mol. The van der Waals surface area contributed by atoms with Gasteiger partial charge in [-0.15, -0.1) is 0 Å². The van der Waals surface area contributed by atoms with Gasteiger partial charge in [0, 0.05) is 46.3 Å². The number of anilines is 1.